The number of esters is 2. The third-order valence-electron chi connectivity index (χ3n) is 11.1. The van der Waals surface area contributed by atoms with E-state index in [-0.39, 0.29) is 17.7 Å². The molecule has 0 fully saturated rings. The number of ether oxygens (including phenoxy) is 2. The molecule has 1 N–H and O–H groups in total. The van der Waals surface area contributed by atoms with E-state index in [2.05, 4.69) is 41.5 Å². The Labute approximate surface area is 273 Å². The minimum Gasteiger partial charge on any atom is -0.507 e. The average Bonchev–Trinajstić information content (AvgIpc) is 2.97. The SMILES string of the molecule is CCC(C)(CC)C(C)(C(=O)Oc1cccc2c(O)cccc12)C(=C(C)C)C(=C(C)C)C(C)(C(=O)OC(C)(C)C)C(C)(CC)CC. The number of phenolic OH excluding ortho intramolecular Hbond substituents is 1. The number of rotatable bonds is 12. The molecule has 5 heteroatoms. The Morgan fingerprint density at radius 2 is 1.02 bits per heavy atom. The first-order valence-electron chi connectivity index (χ1n) is 16.7. The first-order chi connectivity index (χ1) is 20.7. The third-order valence-corrected chi connectivity index (χ3v) is 11.1. The Bertz CT molecular complexity index is 1450. The van der Waals surface area contributed by atoms with Gasteiger partial charge in [-0.3, -0.25) is 9.59 Å². The maximum absolute atomic E-state index is 15.1. The molecule has 45 heavy (non-hydrogen) atoms. The lowest BCUT2D eigenvalue weighted by Crippen LogP contribution is -2.53. The second-order valence-electron chi connectivity index (χ2n) is 15.1. The van der Waals surface area contributed by atoms with Crippen LogP contribution in [0.15, 0.2) is 58.7 Å². The number of aromatic hydroxyl groups is 1. The average molecular weight is 621 g/mol. The van der Waals surface area contributed by atoms with Gasteiger partial charge in [0, 0.05) is 10.8 Å². The van der Waals surface area contributed by atoms with Gasteiger partial charge in [-0.05, 0) is 122 Å². The van der Waals surface area contributed by atoms with Gasteiger partial charge in [0.2, 0.25) is 0 Å². The number of allylic oxidation sites excluding steroid dienone is 2. The van der Waals surface area contributed by atoms with E-state index in [1.54, 1.807) is 24.3 Å². The van der Waals surface area contributed by atoms with E-state index in [1.807, 2.05) is 74.4 Å². The number of carbonyl (C=O) groups is 2. The van der Waals surface area contributed by atoms with Gasteiger partial charge >= 0.3 is 11.9 Å². The molecule has 2 unspecified atom stereocenters. The molecule has 0 amide bonds. The monoisotopic (exact) mass is 620 g/mol. The molecule has 0 heterocycles. The van der Waals surface area contributed by atoms with Crippen molar-refractivity contribution >= 4 is 22.7 Å². The quantitative estimate of drug-likeness (QED) is 0.145. The summed E-state index contributed by atoms with van der Waals surface area (Å²) in [4.78, 5) is 29.7. The van der Waals surface area contributed by atoms with E-state index < -0.39 is 27.3 Å². The molecular weight excluding hydrogens is 560 g/mol. The Hall–Kier alpha value is -3.08. The lowest BCUT2D eigenvalue weighted by molar-refractivity contribution is -0.172. The van der Waals surface area contributed by atoms with Gasteiger partial charge in [0.05, 0.1) is 10.8 Å². The zero-order valence-electron chi connectivity index (χ0n) is 30.9. The van der Waals surface area contributed by atoms with Crippen LogP contribution in [0.1, 0.15) is 130 Å². The van der Waals surface area contributed by atoms with Gasteiger partial charge in [-0.25, -0.2) is 0 Å². The van der Waals surface area contributed by atoms with Crippen LogP contribution in [0, 0.1) is 21.7 Å². The van der Waals surface area contributed by atoms with Crippen molar-refractivity contribution in [2.75, 3.05) is 0 Å². The first-order valence-corrected chi connectivity index (χ1v) is 16.7. The van der Waals surface area contributed by atoms with E-state index in [1.165, 1.54) is 0 Å². The zero-order valence-corrected chi connectivity index (χ0v) is 30.9. The van der Waals surface area contributed by atoms with Gasteiger partial charge in [-0.15, -0.1) is 0 Å². The topological polar surface area (TPSA) is 72.8 Å². The molecular formula is C40H60O5. The zero-order chi connectivity index (χ0) is 34.8. The predicted octanol–water partition coefficient (Wildman–Crippen LogP) is 11.1. The minimum absolute atomic E-state index is 0.128. The summed E-state index contributed by atoms with van der Waals surface area (Å²) in [5, 5.41) is 11.8. The van der Waals surface area contributed by atoms with Crippen LogP contribution in [-0.4, -0.2) is 22.6 Å². The molecule has 250 valence electrons. The highest BCUT2D eigenvalue weighted by Gasteiger charge is 2.60. The Morgan fingerprint density at radius 3 is 1.42 bits per heavy atom. The molecule has 2 aromatic rings. The number of benzene rings is 2. The van der Waals surface area contributed by atoms with E-state index >= 15 is 4.79 Å². The molecule has 0 aromatic heterocycles. The molecule has 0 spiro atoms. The van der Waals surface area contributed by atoms with Gasteiger partial charge < -0.3 is 14.6 Å². The molecule has 0 bridgehead atoms. The van der Waals surface area contributed by atoms with Crippen molar-refractivity contribution in [3.63, 3.8) is 0 Å². The van der Waals surface area contributed by atoms with Crippen LogP contribution < -0.4 is 4.74 Å². The van der Waals surface area contributed by atoms with Crippen LogP contribution in [0.4, 0.5) is 0 Å². The van der Waals surface area contributed by atoms with Crippen LogP contribution in [0.2, 0.25) is 0 Å². The fraction of sp³-hybridized carbons (Fsp3) is 0.600. The summed E-state index contributed by atoms with van der Waals surface area (Å²) in [7, 11) is 0. The van der Waals surface area contributed by atoms with E-state index in [0.29, 0.717) is 29.4 Å². The Morgan fingerprint density at radius 1 is 0.622 bits per heavy atom. The highest BCUT2D eigenvalue weighted by molar-refractivity contribution is 5.96. The fourth-order valence-corrected chi connectivity index (χ4v) is 7.15. The van der Waals surface area contributed by atoms with Crippen molar-refractivity contribution in [2.45, 2.75) is 135 Å². The normalized spacial score (nSPS) is 15.1. The van der Waals surface area contributed by atoms with Crippen molar-refractivity contribution in [2.24, 2.45) is 21.7 Å². The Kier molecular flexibility index (Phi) is 11.6. The van der Waals surface area contributed by atoms with Crippen molar-refractivity contribution in [1.29, 1.82) is 0 Å². The molecule has 0 aliphatic rings. The van der Waals surface area contributed by atoms with Crippen LogP contribution >= 0.6 is 0 Å². The van der Waals surface area contributed by atoms with Gasteiger partial charge in [0.1, 0.15) is 17.1 Å². The van der Waals surface area contributed by atoms with Gasteiger partial charge in [0.25, 0.3) is 0 Å². The molecule has 2 aromatic carbocycles. The second-order valence-corrected chi connectivity index (χ2v) is 15.1. The molecule has 0 saturated heterocycles. The van der Waals surface area contributed by atoms with E-state index in [0.717, 1.165) is 35.1 Å². The lowest BCUT2D eigenvalue weighted by Gasteiger charge is -2.53. The largest absolute Gasteiger partial charge is 0.507 e. The second kappa shape index (κ2) is 13.7. The summed E-state index contributed by atoms with van der Waals surface area (Å²) in [6.07, 6.45) is 2.90. The molecule has 0 aliphatic carbocycles. The summed E-state index contributed by atoms with van der Waals surface area (Å²) >= 11 is 0. The van der Waals surface area contributed by atoms with Gasteiger partial charge in [-0.2, -0.15) is 0 Å². The van der Waals surface area contributed by atoms with Crippen molar-refractivity contribution in [1.82, 2.24) is 0 Å². The van der Waals surface area contributed by atoms with Crippen LogP contribution in [-0.2, 0) is 14.3 Å². The molecule has 0 aliphatic heterocycles. The molecule has 0 saturated carbocycles. The fourth-order valence-electron chi connectivity index (χ4n) is 7.15. The molecule has 0 radical (unpaired) electrons. The standard InChI is InChI=1S/C40H60O5/c1-16-37(12,17-2)39(14,34(42)44-31-25-21-22-28-29(31)23-20-24-30(28)41)32(26(5)6)33(27(7)8)40(15,38(13,18-3)19-4)35(43)45-36(9,10)11/h20-25,41H,16-19H2,1-15H3. The molecule has 5 nitrogen and oxygen atoms in total. The van der Waals surface area contributed by atoms with Crippen molar-refractivity contribution in [3.8, 4) is 11.5 Å². The minimum atomic E-state index is -1.16. The Balaban J connectivity index is 3.08. The predicted molar refractivity (Wildman–Crippen MR) is 187 cm³/mol. The van der Waals surface area contributed by atoms with Crippen LogP contribution in [0.25, 0.3) is 10.8 Å². The maximum atomic E-state index is 15.1. The van der Waals surface area contributed by atoms with Crippen LogP contribution in [0.5, 0.6) is 11.5 Å². The number of phenols is 1. The van der Waals surface area contributed by atoms with Gasteiger partial charge in [0.15, 0.2) is 0 Å². The van der Waals surface area contributed by atoms with Crippen LogP contribution in [0.3, 0.4) is 0 Å². The lowest BCUT2D eigenvalue weighted by atomic mass is 9.50. The smallest absolute Gasteiger partial charge is 0.322 e. The summed E-state index contributed by atoms with van der Waals surface area (Å²) in [5.41, 5.74) is -0.327. The summed E-state index contributed by atoms with van der Waals surface area (Å²) in [5.74, 6) is -0.154. The number of fused-ring (bicyclic) bond motifs is 1. The number of carbonyl (C=O) groups excluding carboxylic acids is 2. The summed E-state index contributed by atoms with van der Waals surface area (Å²) < 4.78 is 12.7. The molecule has 2 rings (SSSR count). The highest BCUT2D eigenvalue weighted by atomic mass is 16.6. The number of hydrogen-bond donors (Lipinski definition) is 1. The molecule has 2 atom stereocenters. The summed E-state index contributed by atoms with van der Waals surface area (Å²) in [6, 6.07) is 10.6. The van der Waals surface area contributed by atoms with Crippen molar-refractivity contribution in [3.05, 3.63) is 58.7 Å². The number of hydrogen-bond acceptors (Lipinski definition) is 5. The first kappa shape index (κ1) is 38.1. The summed E-state index contributed by atoms with van der Waals surface area (Å²) in [6.45, 7) is 30.7. The van der Waals surface area contributed by atoms with Gasteiger partial charge in [-0.1, -0.05) is 77.0 Å². The maximum Gasteiger partial charge on any atom is 0.322 e. The van der Waals surface area contributed by atoms with E-state index in [4.69, 9.17) is 9.47 Å². The van der Waals surface area contributed by atoms with E-state index in [9.17, 15) is 9.90 Å². The highest BCUT2D eigenvalue weighted by Crippen LogP contribution is 2.61. The third kappa shape index (κ3) is 6.74. The van der Waals surface area contributed by atoms with Crippen molar-refractivity contribution < 1.29 is 24.2 Å².